The molecule has 2 heterocycles. The molecule has 4 rings (SSSR count). The molecule has 36 heavy (non-hydrogen) atoms. The van der Waals surface area contributed by atoms with Gasteiger partial charge in [0.15, 0.2) is 0 Å². The lowest BCUT2D eigenvalue weighted by atomic mass is 9.88. The van der Waals surface area contributed by atoms with Crippen molar-refractivity contribution in [3.8, 4) is 5.75 Å². The lowest BCUT2D eigenvalue weighted by molar-refractivity contribution is -0.132. The van der Waals surface area contributed by atoms with Gasteiger partial charge in [0.05, 0.1) is 26.3 Å². The zero-order valence-electron chi connectivity index (χ0n) is 20.3. The summed E-state index contributed by atoms with van der Waals surface area (Å²) in [4.78, 5) is 40.9. The average molecular weight is 490 g/mol. The Kier molecular flexibility index (Phi) is 8.39. The minimum absolute atomic E-state index is 0.0684. The minimum Gasteiger partial charge on any atom is -0.497 e. The van der Waals surface area contributed by atoms with Crippen LogP contribution in [0.3, 0.4) is 0 Å². The minimum atomic E-state index is -0.745. The number of piperidine rings is 1. The van der Waals surface area contributed by atoms with Crippen LogP contribution < -0.4 is 15.4 Å². The van der Waals surface area contributed by atoms with Gasteiger partial charge < -0.3 is 24.7 Å². The molecule has 0 spiro atoms. The first-order valence-electron chi connectivity index (χ1n) is 12.1. The molecule has 3 aromatic rings. The first-order valence-corrected chi connectivity index (χ1v) is 12.1. The van der Waals surface area contributed by atoms with E-state index in [1.165, 1.54) is 7.11 Å². The van der Waals surface area contributed by atoms with E-state index in [9.17, 15) is 14.4 Å². The van der Waals surface area contributed by atoms with Gasteiger partial charge in [0.25, 0.3) is 5.91 Å². The molecule has 1 aliphatic heterocycles. The highest BCUT2D eigenvalue weighted by Gasteiger charge is 2.34. The number of furan rings is 1. The molecule has 0 aliphatic carbocycles. The maximum atomic E-state index is 13.2. The average Bonchev–Trinajstić information content (AvgIpc) is 3.45. The predicted octanol–water partition coefficient (Wildman–Crippen LogP) is 3.18. The van der Waals surface area contributed by atoms with Crippen molar-refractivity contribution < 1.29 is 23.5 Å². The molecule has 0 bridgehead atoms. The van der Waals surface area contributed by atoms with Crippen LogP contribution in [0.1, 0.15) is 34.5 Å². The van der Waals surface area contributed by atoms with Crippen LogP contribution in [-0.2, 0) is 22.6 Å². The van der Waals surface area contributed by atoms with E-state index in [-0.39, 0.29) is 30.2 Å². The van der Waals surface area contributed by atoms with Crippen molar-refractivity contribution in [3.05, 3.63) is 89.9 Å². The third-order valence-corrected chi connectivity index (χ3v) is 6.48. The van der Waals surface area contributed by atoms with Gasteiger partial charge in [-0.1, -0.05) is 36.4 Å². The number of benzene rings is 2. The fourth-order valence-electron chi connectivity index (χ4n) is 4.45. The summed E-state index contributed by atoms with van der Waals surface area (Å²) in [7, 11) is 1.54. The number of ether oxygens (including phenoxy) is 1. The van der Waals surface area contributed by atoms with Gasteiger partial charge in [-0.25, -0.2) is 0 Å². The molecule has 1 aromatic heterocycles. The summed E-state index contributed by atoms with van der Waals surface area (Å²) in [6.45, 7) is 1.30. The monoisotopic (exact) mass is 489 g/mol. The van der Waals surface area contributed by atoms with E-state index in [0.717, 1.165) is 5.56 Å². The summed E-state index contributed by atoms with van der Waals surface area (Å²) < 4.78 is 10.5. The number of carbonyl (C=O) groups is 3. The Bertz CT molecular complexity index is 1150. The van der Waals surface area contributed by atoms with Crippen LogP contribution in [-0.4, -0.2) is 48.9 Å². The Morgan fingerprint density at radius 1 is 1.03 bits per heavy atom. The molecule has 8 nitrogen and oxygen atoms in total. The normalized spacial score (nSPS) is 14.6. The maximum Gasteiger partial charge on any atom is 0.252 e. The second-order valence-corrected chi connectivity index (χ2v) is 8.86. The van der Waals surface area contributed by atoms with Crippen molar-refractivity contribution in [2.45, 2.75) is 31.8 Å². The van der Waals surface area contributed by atoms with Crippen LogP contribution in [0.4, 0.5) is 0 Å². The molecule has 0 saturated carbocycles. The molecule has 2 aromatic carbocycles. The lowest BCUT2D eigenvalue weighted by Gasteiger charge is -2.36. The topological polar surface area (TPSA) is 101 Å². The quantitative estimate of drug-likeness (QED) is 0.481. The van der Waals surface area contributed by atoms with Crippen LogP contribution >= 0.6 is 0 Å². The van der Waals surface area contributed by atoms with E-state index in [4.69, 9.17) is 9.15 Å². The summed E-state index contributed by atoms with van der Waals surface area (Å²) >= 11 is 0. The summed E-state index contributed by atoms with van der Waals surface area (Å²) in [5.74, 6) is 0.511. The van der Waals surface area contributed by atoms with E-state index in [2.05, 4.69) is 10.6 Å². The molecule has 0 radical (unpaired) electrons. The van der Waals surface area contributed by atoms with Crippen molar-refractivity contribution in [2.75, 3.05) is 20.2 Å². The highest BCUT2D eigenvalue weighted by Crippen LogP contribution is 2.23. The molecule has 1 aliphatic rings. The van der Waals surface area contributed by atoms with Crippen LogP contribution in [0, 0.1) is 5.92 Å². The molecular weight excluding hydrogens is 458 g/mol. The van der Waals surface area contributed by atoms with E-state index in [0.29, 0.717) is 49.4 Å². The summed E-state index contributed by atoms with van der Waals surface area (Å²) in [6.07, 6.45) is 3.12. The van der Waals surface area contributed by atoms with Crippen molar-refractivity contribution >= 4 is 17.7 Å². The Labute approximate surface area is 210 Å². The number of hydrogen-bond acceptors (Lipinski definition) is 5. The van der Waals surface area contributed by atoms with E-state index >= 15 is 0 Å². The Morgan fingerprint density at radius 3 is 2.50 bits per heavy atom. The SMILES string of the molecule is COc1cccc(C(=O)NC(C(=O)NCc2ccco2)C2CCN(C(=O)Cc3ccccc3)CC2)c1. The predicted molar refractivity (Wildman–Crippen MR) is 134 cm³/mol. The Morgan fingerprint density at radius 2 is 1.81 bits per heavy atom. The van der Waals surface area contributed by atoms with Gasteiger partial charge in [-0.05, 0) is 54.7 Å². The molecule has 8 heteroatoms. The zero-order chi connectivity index (χ0) is 25.3. The summed E-state index contributed by atoms with van der Waals surface area (Å²) in [6, 6.07) is 19.3. The van der Waals surface area contributed by atoms with Crippen molar-refractivity contribution in [2.24, 2.45) is 5.92 Å². The third kappa shape index (κ3) is 6.53. The van der Waals surface area contributed by atoms with E-state index in [1.807, 2.05) is 35.2 Å². The van der Waals surface area contributed by atoms with Crippen LogP contribution in [0.25, 0.3) is 0 Å². The molecule has 1 atom stereocenters. The Hall–Kier alpha value is -4.07. The van der Waals surface area contributed by atoms with Crippen molar-refractivity contribution in [3.63, 3.8) is 0 Å². The number of hydrogen-bond donors (Lipinski definition) is 2. The van der Waals surface area contributed by atoms with Gasteiger partial charge in [-0.2, -0.15) is 0 Å². The summed E-state index contributed by atoms with van der Waals surface area (Å²) in [5, 5.41) is 5.80. The van der Waals surface area contributed by atoms with E-state index < -0.39 is 6.04 Å². The van der Waals surface area contributed by atoms with Gasteiger partial charge in [0, 0.05) is 18.7 Å². The maximum absolute atomic E-state index is 13.2. The van der Waals surface area contributed by atoms with Crippen LogP contribution in [0.5, 0.6) is 5.75 Å². The second kappa shape index (κ2) is 12.1. The number of amides is 3. The van der Waals surface area contributed by atoms with Gasteiger partial charge in [0.1, 0.15) is 17.6 Å². The van der Waals surface area contributed by atoms with Gasteiger partial charge in [-0.15, -0.1) is 0 Å². The molecule has 1 fully saturated rings. The molecule has 3 amide bonds. The van der Waals surface area contributed by atoms with Crippen molar-refractivity contribution in [1.82, 2.24) is 15.5 Å². The number of likely N-dealkylation sites (tertiary alicyclic amines) is 1. The van der Waals surface area contributed by atoms with Crippen LogP contribution in [0.2, 0.25) is 0 Å². The highest BCUT2D eigenvalue weighted by molar-refractivity contribution is 5.98. The molecule has 1 unspecified atom stereocenters. The number of nitrogens with zero attached hydrogens (tertiary/aromatic N) is 1. The molecule has 2 N–H and O–H groups in total. The number of rotatable bonds is 9. The fourth-order valence-corrected chi connectivity index (χ4v) is 4.45. The molecular formula is C28H31N3O5. The van der Waals surface area contributed by atoms with Gasteiger partial charge >= 0.3 is 0 Å². The molecule has 1 saturated heterocycles. The largest absolute Gasteiger partial charge is 0.497 e. The first kappa shape index (κ1) is 25.0. The molecule has 188 valence electrons. The second-order valence-electron chi connectivity index (χ2n) is 8.86. The number of nitrogens with one attached hydrogen (secondary N) is 2. The zero-order valence-corrected chi connectivity index (χ0v) is 20.3. The van der Waals surface area contributed by atoms with Crippen molar-refractivity contribution in [1.29, 1.82) is 0 Å². The number of carbonyl (C=O) groups excluding carboxylic acids is 3. The van der Waals surface area contributed by atoms with Crippen LogP contribution in [0.15, 0.2) is 77.4 Å². The summed E-state index contributed by atoms with van der Waals surface area (Å²) in [5.41, 5.74) is 1.39. The highest BCUT2D eigenvalue weighted by atomic mass is 16.5. The van der Waals surface area contributed by atoms with Gasteiger partial charge in [-0.3, -0.25) is 14.4 Å². The standard InChI is InChI=1S/C28H31N3O5/c1-35-23-10-5-9-22(18-23)27(33)30-26(28(34)29-19-24-11-6-16-36-24)21-12-14-31(15-13-21)25(32)17-20-7-3-2-4-8-20/h2-11,16,18,21,26H,12-15,17,19H2,1H3,(H,29,34)(H,30,33). The third-order valence-electron chi connectivity index (χ3n) is 6.48. The van der Waals surface area contributed by atoms with Gasteiger partial charge in [0.2, 0.25) is 11.8 Å². The fraction of sp³-hybridized carbons (Fsp3) is 0.321. The lowest BCUT2D eigenvalue weighted by Crippen LogP contribution is -2.53. The smallest absolute Gasteiger partial charge is 0.252 e. The Balaban J connectivity index is 1.41. The number of methoxy groups -OCH3 is 1. The first-order chi connectivity index (χ1) is 17.5. The van der Waals surface area contributed by atoms with E-state index in [1.54, 1.807) is 42.7 Å².